The molecule has 0 spiro atoms. The van der Waals surface area contributed by atoms with E-state index in [0.29, 0.717) is 0 Å². The molecule has 0 fully saturated rings. The number of aromatic nitrogens is 3. The third kappa shape index (κ3) is 6.30. The van der Waals surface area contributed by atoms with Crippen molar-refractivity contribution in [3.8, 4) is 0 Å². The zero-order valence-corrected chi connectivity index (χ0v) is 18.0. The highest BCUT2D eigenvalue weighted by Gasteiger charge is 2.09. The molecular weight excluding hydrogens is 434 g/mol. The molecule has 0 radical (unpaired) electrons. The number of carbonyl (C=O) groups is 1. The molecule has 2 heterocycles. The van der Waals surface area contributed by atoms with E-state index < -0.39 is 0 Å². The average Bonchev–Trinajstić information content (AvgIpc) is 3.18. The summed E-state index contributed by atoms with van der Waals surface area (Å²) in [6.45, 7) is 1.83. The van der Waals surface area contributed by atoms with E-state index in [1.165, 1.54) is 23.1 Å². The maximum atomic E-state index is 12.0. The van der Waals surface area contributed by atoms with Crippen molar-refractivity contribution in [2.24, 2.45) is 5.10 Å². The number of amides is 1. The molecule has 28 heavy (non-hydrogen) atoms. The monoisotopic (exact) mass is 449 g/mol. The number of benzene rings is 1. The minimum Gasteiger partial charge on any atom is -0.272 e. The second-order valence-corrected chi connectivity index (χ2v) is 9.30. The van der Waals surface area contributed by atoms with E-state index in [0.717, 1.165) is 36.3 Å². The highest BCUT2D eigenvalue weighted by atomic mass is 35.5. The molecule has 0 atom stereocenters. The SMILES string of the molecule is C/C(=N/NC(=O)CSc1nnc(SCc2ccccc2Cl)s1)c1ccncc1. The maximum Gasteiger partial charge on any atom is 0.250 e. The van der Waals surface area contributed by atoms with Gasteiger partial charge in [0.05, 0.1) is 11.5 Å². The number of pyridine rings is 1. The van der Waals surface area contributed by atoms with Crippen LogP contribution < -0.4 is 5.43 Å². The first-order chi connectivity index (χ1) is 13.6. The molecule has 0 saturated heterocycles. The molecule has 3 rings (SSSR count). The molecule has 1 aromatic carbocycles. The van der Waals surface area contributed by atoms with Gasteiger partial charge in [0.1, 0.15) is 0 Å². The molecule has 0 aliphatic rings. The fourth-order valence-electron chi connectivity index (χ4n) is 2.03. The Bertz CT molecular complexity index is 965. The third-order valence-corrected chi connectivity index (χ3v) is 7.08. The molecule has 0 aliphatic carbocycles. The Morgan fingerprint density at radius 3 is 2.61 bits per heavy atom. The zero-order valence-electron chi connectivity index (χ0n) is 14.8. The molecule has 0 bridgehead atoms. The molecule has 0 unspecified atom stereocenters. The summed E-state index contributed by atoms with van der Waals surface area (Å²) in [5, 5.41) is 13.1. The smallest absolute Gasteiger partial charge is 0.250 e. The molecule has 1 amide bonds. The van der Waals surface area contributed by atoms with E-state index in [4.69, 9.17) is 11.6 Å². The Kier molecular flexibility index (Phi) is 7.84. The largest absolute Gasteiger partial charge is 0.272 e. The fraction of sp³-hybridized carbons (Fsp3) is 0.167. The van der Waals surface area contributed by atoms with Crippen molar-refractivity contribution in [2.45, 2.75) is 21.4 Å². The van der Waals surface area contributed by atoms with Gasteiger partial charge in [-0.05, 0) is 30.7 Å². The first kappa shape index (κ1) is 20.8. The number of rotatable bonds is 8. The van der Waals surface area contributed by atoms with E-state index >= 15 is 0 Å². The highest BCUT2D eigenvalue weighted by Crippen LogP contribution is 2.32. The zero-order chi connectivity index (χ0) is 19.8. The number of nitrogens with one attached hydrogen (secondary N) is 1. The minimum absolute atomic E-state index is 0.195. The lowest BCUT2D eigenvalue weighted by molar-refractivity contribution is -0.118. The Morgan fingerprint density at radius 1 is 1.14 bits per heavy atom. The number of nitrogens with zero attached hydrogens (tertiary/aromatic N) is 4. The van der Waals surface area contributed by atoms with Crippen molar-refractivity contribution in [1.29, 1.82) is 0 Å². The summed E-state index contributed by atoms with van der Waals surface area (Å²) < 4.78 is 1.58. The van der Waals surface area contributed by atoms with Crippen LogP contribution in [0.15, 0.2) is 62.6 Å². The van der Waals surface area contributed by atoms with Gasteiger partial charge in [-0.2, -0.15) is 5.10 Å². The molecule has 0 saturated carbocycles. The Morgan fingerprint density at radius 2 is 1.86 bits per heavy atom. The molecular formula is C18H16ClN5OS3. The van der Waals surface area contributed by atoms with Gasteiger partial charge < -0.3 is 0 Å². The summed E-state index contributed by atoms with van der Waals surface area (Å²) in [4.78, 5) is 15.9. The number of halogens is 1. The highest BCUT2D eigenvalue weighted by molar-refractivity contribution is 8.03. The Labute approximate surface area is 180 Å². The van der Waals surface area contributed by atoms with Gasteiger partial charge in [-0.3, -0.25) is 9.78 Å². The van der Waals surface area contributed by atoms with Gasteiger partial charge in [0.15, 0.2) is 8.68 Å². The predicted molar refractivity (Wildman–Crippen MR) is 116 cm³/mol. The molecule has 3 aromatic rings. The molecule has 1 N–H and O–H groups in total. The van der Waals surface area contributed by atoms with Crippen molar-refractivity contribution in [3.63, 3.8) is 0 Å². The lowest BCUT2D eigenvalue weighted by atomic mass is 10.2. The van der Waals surface area contributed by atoms with Gasteiger partial charge in [0, 0.05) is 28.7 Å². The van der Waals surface area contributed by atoms with Crippen LogP contribution in [0.3, 0.4) is 0 Å². The molecule has 0 aliphatic heterocycles. The van der Waals surface area contributed by atoms with Gasteiger partial charge in [-0.15, -0.1) is 10.2 Å². The van der Waals surface area contributed by atoms with Crippen LogP contribution in [0.1, 0.15) is 18.1 Å². The van der Waals surface area contributed by atoms with E-state index in [1.807, 2.05) is 43.3 Å². The van der Waals surface area contributed by atoms with Gasteiger partial charge in [-0.1, -0.05) is 64.7 Å². The van der Waals surface area contributed by atoms with Crippen LogP contribution in [-0.2, 0) is 10.5 Å². The number of carbonyl (C=O) groups excluding carboxylic acids is 1. The predicted octanol–water partition coefficient (Wildman–Crippen LogP) is 4.51. The van der Waals surface area contributed by atoms with Crippen molar-refractivity contribution >= 4 is 58.1 Å². The summed E-state index contributed by atoms with van der Waals surface area (Å²) >= 11 is 10.5. The second kappa shape index (κ2) is 10.6. The van der Waals surface area contributed by atoms with Gasteiger partial charge in [-0.25, -0.2) is 5.43 Å². The number of hydrazone groups is 1. The number of hydrogen-bond acceptors (Lipinski definition) is 8. The van der Waals surface area contributed by atoms with Crippen molar-refractivity contribution in [1.82, 2.24) is 20.6 Å². The summed E-state index contributed by atoms with van der Waals surface area (Å²) in [6.07, 6.45) is 3.37. The topological polar surface area (TPSA) is 80.1 Å². The maximum absolute atomic E-state index is 12.0. The summed E-state index contributed by atoms with van der Waals surface area (Å²) in [5.41, 5.74) is 5.24. The quantitative estimate of drug-likeness (QED) is 0.309. The lowest BCUT2D eigenvalue weighted by Crippen LogP contribution is -2.21. The molecule has 6 nitrogen and oxygen atoms in total. The van der Waals surface area contributed by atoms with Crippen LogP contribution in [0.25, 0.3) is 0 Å². The first-order valence-corrected chi connectivity index (χ1v) is 11.3. The Hall–Kier alpha value is -1.94. The van der Waals surface area contributed by atoms with Crippen LogP contribution >= 0.6 is 46.5 Å². The summed E-state index contributed by atoms with van der Waals surface area (Å²) in [5.74, 6) is 0.748. The molecule has 2 aromatic heterocycles. The lowest BCUT2D eigenvalue weighted by Gasteiger charge is -2.01. The second-order valence-electron chi connectivity index (χ2n) is 5.47. The fourth-order valence-corrected chi connectivity index (χ4v) is 5.13. The van der Waals surface area contributed by atoms with Crippen molar-refractivity contribution in [2.75, 3.05) is 5.75 Å². The van der Waals surface area contributed by atoms with E-state index in [1.54, 1.807) is 24.2 Å². The van der Waals surface area contributed by atoms with Crippen LogP contribution in [-0.4, -0.2) is 32.6 Å². The van der Waals surface area contributed by atoms with Gasteiger partial charge >= 0.3 is 0 Å². The van der Waals surface area contributed by atoms with Gasteiger partial charge in [0.2, 0.25) is 0 Å². The van der Waals surface area contributed by atoms with Crippen LogP contribution in [0.5, 0.6) is 0 Å². The standard InChI is InChI=1S/C18H16ClN5OS3/c1-12(13-6-8-20-9-7-13)21-22-16(25)11-27-18-24-23-17(28-18)26-10-14-4-2-3-5-15(14)19/h2-9H,10-11H2,1H3,(H,22,25)/b21-12-. The minimum atomic E-state index is -0.195. The van der Waals surface area contributed by atoms with Crippen LogP contribution in [0.2, 0.25) is 5.02 Å². The number of hydrogen-bond donors (Lipinski definition) is 1. The summed E-state index contributed by atoms with van der Waals surface area (Å²) in [6, 6.07) is 11.4. The normalized spacial score (nSPS) is 11.4. The van der Waals surface area contributed by atoms with Crippen LogP contribution in [0.4, 0.5) is 0 Å². The third-order valence-electron chi connectivity index (χ3n) is 3.47. The van der Waals surface area contributed by atoms with Crippen LogP contribution in [0, 0.1) is 0 Å². The summed E-state index contributed by atoms with van der Waals surface area (Å²) in [7, 11) is 0. The molecule has 10 heteroatoms. The van der Waals surface area contributed by atoms with E-state index in [2.05, 4.69) is 25.7 Å². The Balaban J connectivity index is 1.45. The van der Waals surface area contributed by atoms with E-state index in [-0.39, 0.29) is 11.7 Å². The van der Waals surface area contributed by atoms with Crippen molar-refractivity contribution < 1.29 is 4.79 Å². The molecule has 144 valence electrons. The van der Waals surface area contributed by atoms with Gasteiger partial charge in [0.25, 0.3) is 5.91 Å². The number of thioether (sulfide) groups is 2. The van der Waals surface area contributed by atoms with Crippen molar-refractivity contribution in [3.05, 3.63) is 64.9 Å². The average molecular weight is 450 g/mol. The van der Waals surface area contributed by atoms with E-state index in [9.17, 15) is 4.79 Å². The first-order valence-electron chi connectivity index (χ1n) is 8.18.